The summed E-state index contributed by atoms with van der Waals surface area (Å²) < 4.78 is 4.86. The maximum Gasteiger partial charge on any atom is 0.328 e. The van der Waals surface area contributed by atoms with E-state index in [0.29, 0.717) is 13.0 Å². The van der Waals surface area contributed by atoms with Gasteiger partial charge in [0.15, 0.2) is 0 Å². The fraction of sp³-hybridized carbons (Fsp3) is 0.333. The first-order valence-corrected chi connectivity index (χ1v) is 6.96. The van der Waals surface area contributed by atoms with E-state index in [4.69, 9.17) is 10.3 Å². The SMILES string of the molecule is COC(=O)[C@@H]1C[C@H](N=[N+]=[N-])CN1c1cnc2ccccc2c1. The molecule has 7 nitrogen and oxygen atoms in total. The Kier molecular flexibility index (Phi) is 3.80. The number of rotatable bonds is 3. The van der Waals surface area contributed by atoms with E-state index >= 15 is 0 Å². The summed E-state index contributed by atoms with van der Waals surface area (Å²) in [5.74, 6) is -0.330. The monoisotopic (exact) mass is 297 g/mol. The molecule has 3 rings (SSSR count). The Morgan fingerprint density at radius 2 is 2.32 bits per heavy atom. The van der Waals surface area contributed by atoms with Crippen LogP contribution in [0.3, 0.4) is 0 Å². The smallest absolute Gasteiger partial charge is 0.328 e. The molecule has 1 fully saturated rings. The number of para-hydroxylation sites is 1. The molecule has 1 aromatic carbocycles. The number of hydrogen-bond donors (Lipinski definition) is 0. The Hall–Kier alpha value is -2.79. The van der Waals surface area contributed by atoms with Crippen molar-refractivity contribution >= 4 is 22.6 Å². The molecule has 112 valence electrons. The van der Waals surface area contributed by atoms with Gasteiger partial charge in [0, 0.05) is 16.8 Å². The third kappa shape index (κ3) is 2.54. The number of fused-ring (bicyclic) bond motifs is 1. The summed E-state index contributed by atoms with van der Waals surface area (Å²) in [5, 5.41) is 4.74. The molecule has 1 aliphatic heterocycles. The molecule has 2 heterocycles. The lowest BCUT2D eigenvalue weighted by molar-refractivity contribution is -0.141. The lowest BCUT2D eigenvalue weighted by atomic mass is 10.1. The van der Waals surface area contributed by atoms with Crippen LogP contribution in [0.5, 0.6) is 0 Å². The van der Waals surface area contributed by atoms with Crippen molar-refractivity contribution < 1.29 is 9.53 Å². The maximum absolute atomic E-state index is 12.0. The van der Waals surface area contributed by atoms with Gasteiger partial charge in [-0.15, -0.1) is 0 Å². The van der Waals surface area contributed by atoms with Gasteiger partial charge in [-0.3, -0.25) is 4.98 Å². The van der Waals surface area contributed by atoms with Crippen LogP contribution in [0.15, 0.2) is 41.6 Å². The summed E-state index contributed by atoms with van der Waals surface area (Å²) in [7, 11) is 1.36. The number of ether oxygens (including phenoxy) is 1. The molecule has 0 spiro atoms. The van der Waals surface area contributed by atoms with Crippen molar-refractivity contribution in [2.75, 3.05) is 18.6 Å². The highest BCUT2D eigenvalue weighted by Crippen LogP contribution is 2.29. The average molecular weight is 297 g/mol. The number of methoxy groups -OCH3 is 1. The summed E-state index contributed by atoms with van der Waals surface area (Å²) in [6, 6.07) is 9.06. The molecule has 1 saturated heterocycles. The first-order chi connectivity index (χ1) is 10.7. The molecule has 2 atom stereocenters. The van der Waals surface area contributed by atoms with Crippen LogP contribution >= 0.6 is 0 Å². The zero-order chi connectivity index (χ0) is 15.5. The van der Waals surface area contributed by atoms with E-state index in [1.54, 1.807) is 6.20 Å². The van der Waals surface area contributed by atoms with Gasteiger partial charge in [-0.2, -0.15) is 0 Å². The molecule has 0 bridgehead atoms. The second kappa shape index (κ2) is 5.91. The van der Waals surface area contributed by atoms with Crippen LogP contribution in [0.25, 0.3) is 21.3 Å². The zero-order valence-corrected chi connectivity index (χ0v) is 12.1. The molecule has 22 heavy (non-hydrogen) atoms. The predicted octanol–water partition coefficient (Wildman–Crippen LogP) is 2.67. The van der Waals surface area contributed by atoms with Crippen molar-refractivity contribution in [3.05, 3.63) is 47.0 Å². The number of azide groups is 1. The van der Waals surface area contributed by atoms with E-state index in [1.807, 2.05) is 35.2 Å². The molecule has 0 unspecified atom stereocenters. The molecule has 2 aromatic rings. The van der Waals surface area contributed by atoms with Crippen LogP contribution < -0.4 is 4.90 Å². The Balaban J connectivity index is 1.98. The van der Waals surface area contributed by atoms with Crippen LogP contribution in [0, 0.1) is 0 Å². The van der Waals surface area contributed by atoms with Crippen molar-refractivity contribution in [3.8, 4) is 0 Å². The summed E-state index contributed by atoms with van der Waals surface area (Å²) >= 11 is 0. The Morgan fingerprint density at radius 1 is 1.50 bits per heavy atom. The van der Waals surface area contributed by atoms with Crippen molar-refractivity contribution in [2.45, 2.75) is 18.5 Å². The first-order valence-electron chi connectivity index (χ1n) is 6.96. The maximum atomic E-state index is 12.0. The fourth-order valence-electron chi connectivity index (χ4n) is 2.83. The standard InChI is InChI=1S/C15H15N5O2/c1-22-15(21)14-7-11(18-19-16)9-20(14)12-6-10-4-2-3-5-13(10)17-8-12/h2-6,8,11,14H,7,9H2,1H3/t11-,14-/m0/s1. The molecule has 7 heteroatoms. The van der Waals surface area contributed by atoms with Crippen LogP contribution in [0.4, 0.5) is 5.69 Å². The van der Waals surface area contributed by atoms with Crippen LogP contribution in [-0.2, 0) is 9.53 Å². The van der Waals surface area contributed by atoms with E-state index in [2.05, 4.69) is 15.0 Å². The second-order valence-electron chi connectivity index (χ2n) is 5.17. The second-order valence-corrected chi connectivity index (χ2v) is 5.17. The number of benzene rings is 1. The number of esters is 1. The van der Waals surface area contributed by atoms with Gasteiger partial charge in [0.1, 0.15) is 6.04 Å². The third-order valence-electron chi connectivity index (χ3n) is 3.87. The minimum absolute atomic E-state index is 0.249. The lowest BCUT2D eigenvalue weighted by Crippen LogP contribution is -2.36. The third-order valence-corrected chi connectivity index (χ3v) is 3.87. The van der Waals surface area contributed by atoms with E-state index in [1.165, 1.54) is 7.11 Å². The molecule has 1 aliphatic rings. The van der Waals surface area contributed by atoms with Gasteiger partial charge in [0.2, 0.25) is 0 Å². The number of pyridine rings is 1. The zero-order valence-electron chi connectivity index (χ0n) is 12.1. The highest BCUT2D eigenvalue weighted by molar-refractivity contribution is 5.85. The largest absolute Gasteiger partial charge is 0.467 e. The molecule has 0 saturated carbocycles. The number of hydrogen-bond acceptors (Lipinski definition) is 5. The minimum Gasteiger partial charge on any atom is -0.467 e. The highest BCUT2D eigenvalue weighted by atomic mass is 16.5. The number of carbonyl (C=O) groups excluding carboxylic acids is 1. The number of aromatic nitrogens is 1. The molecular weight excluding hydrogens is 282 g/mol. The van der Waals surface area contributed by atoms with E-state index < -0.39 is 6.04 Å². The van der Waals surface area contributed by atoms with E-state index in [-0.39, 0.29) is 12.0 Å². The lowest BCUT2D eigenvalue weighted by Gasteiger charge is -2.24. The fourth-order valence-corrected chi connectivity index (χ4v) is 2.83. The molecule has 0 amide bonds. The normalized spacial score (nSPS) is 20.7. The van der Waals surface area contributed by atoms with Gasteiger partial charge in [-0.05, 0) is 24.1 Å². The minimum atomic E-state index is -0.455. The molecule has 1 aromatic heterocycles. The van der Waals surface area contributed by atoms with E-state index in [0.717, 1.165) is 16.6 Å². The van der Waals surface area contributed by atoms with Crippen LogP contribution in [0.1, 0.15) is 6.42 Å². The summed E-state index contributed by atoms with van der Waals surface area (Å²) in [6.07, 6.45) is 2.18. The van der Waals surface area contributed by atoms with E-state index in [9.17, 15) is 4.79 Å². The van der Waals surface area contributed by atoms with Crippen LogP contribution in [-0.4, -0.2) is 36.7 Å². The number of nitrogens with zero attached hydrogens (tertiary/aromatic N) is 5. The molecule has 0 radical (unpaired) electrons. The number of carbonyl (C=O) groups is 1. The van der Waals surface area contributed by atoms with Crippen LogP contribution in [0.2, 0.25) is 0 Å². The quantitative estimate of drug-likeness (QED) is 0.377. The summed E-state index contributed by atoms with van der Waals surface area (Å²) in [4.78, 5) is 21.2. The Labute approximate surface area is 127 Å². The van der Waals surface area contributed by atoms with Gasteiger partial charge in [-0.25, -0.2) is 4.79 Å². The molecular formula is C15H15N5O2. The predicted molar refractivity (Wildman–Crippen MR) is 82.4 cm³/mol. The molecule has 0 aliphatic carbocycles. The summed E-state index contributed by atoms with van der Waals surface area (Å²) in [6.45, 7) is 0.476. The Bertz CT molecular complexity index is 756. The van der Waals surface area contributed by atoms with Gasteiger partial charge >= 0.3 is 5.97 Å². The number of anilines is 1. The van der Waals surface area contributed by atoms with Gasteiger partial charge < -0.3 is 9.64 Å². The topological polar surface area (TPSA) is 91.2 Å². The van der Waals surface area contributed by atoms with Crippen molar-refractivity contribution in [1.29, 1.82) is 0 Å². The Morgan fingerprint density at radius 3 is 3.09 bits per heavy atom. The van der Waals surface area contributed by atoms with Gasteiger partial charge in [0.05, 0.1) is 30.6 Å². The van der Waals surface area contributed by atoms with Gasteiger partial charge in [0.25, 0.3) is 0 Å². The molecule has 0 N–H and O–H groups in total. The van der Waals surface area contributed by atoms with Crippen molar-refractivity contribution in [2.24, 2.45) is 5.11 Å². The first kappa shape index (κ1) is 14.2. The van der Waals surface area contributed by atoms with Crippen molar-refractivity contribution in [3.63, 3.8) is 0 Å². The average Bonchev–Trinajstić information content (AvgIpc) is 2.98. The van der Waals surface area contributed by atoms with Gasteiger partial charge in [-0.1, -0.05) is 23.3 Å². The summed E-state index contributed by atoms with van der Waals surface area (Å²) in [5.41, 5.74) is 10.3. The highest BCUT2D eigenvalue weighted by Gasteiger charge is 2.37. The van der Waals surface area contributed by atoms with Crippen molar-refractivity contribution in [1.82, 2.24) is 4.98 Å².